The molecule has 2 aromatic heterocycles. The van der Waals surface area contributed by atoms with Gasteiger partial charge in [0.2, 0.25) is 0 Å². The maximum atomic E-state index is 14.5. The third-order valence-corrected chi connectivity index (χ3v) is 7.81. The van der Waals surface area contributed by atoms with Crippen molar-refractivity contribution in [1.29, 1.82) is 0 Å². The Hall–Kier alpha value is -3.33. The number of aromatic nitrogens is 4. The average Bonchev–Trinajstić information content (AvgIpc) is 3.51. The van der Waals surface area contributed by atoms with Crippen molar-refractivity contribution in [2.24, 2.45) is 5.92 Å². The van der Waals surface area contributed by atoms with E-state index in [1.165, 1.54) is 13.0 Å². The van der Waals surface area contributed by atoms with Crippen LogP contribution >= 0.6 is 0 Å². The van der Waals surface area contributed by atoms with E-state index in [0.29, 0.717) is 24.4 Å². The molecule has 3 aromatic rings. The highest BCUT2D eigenvalue weighted by Gasteiger charge is 2.48. The lowest BCUT2D eigenvalue weighted by Gasteiger charge is -2.41. The molecule has 0 amide bonds. The van der Waals surface area contributed by atoms with Crippen LogP contribution in [0.15, 0.2) is 35.6 Å². The minimum atomic E-state index is -0.884. The molecule has 1 fully saturated rings. The highest BCUT2D eigenvalue weighted by atomic mass is 19.1. The summed E-state index contributed by atoms with van der Waals surface area (Å²) in [5, 5.41) is 25.3. The quantitative estimate of drug-likeness (QED) is 0.441. The number of hydrogen-bond donors (Lipinski definition) is 2. The largest absolute Gasteiger partial charge is 0.512 e. The second-order valence-electron chi connectivity index (χ2n) is 10.5. The van der Waals surface area contributed by atoms with E-state index in [4.69, 9.17) is 4.74 Å². The van der Waals surface area contributed by atoms with Gasteiger partial charge in [0.15, 0.2) is 5.82 Å². The number of carbonyl (C=O) groups is 1. The van der Waals surface area contributed by atoms with Crippen LogP contribution in [0.3, 0.4) is 0 Å². The monoisotopic (exact) mass is 508 g/mol. The number of hydrogen-bond acceptors (Lipinski definition) is 7. The summed E-state index contributed by atoms with van der Waals surface area (Å²) < 4.78 is 22.3. The van der Waals surface area contributed by atoms with Gasteiger partial charge < -0.3 is 14.9 Å². The fourth-order valence-electron chi connectivity index (χ4n) is 5.85. The molecule has 0 radical (unpaired) electrons. The summed E-state index contributed by atoms with van der Waals surface area (Å²) in [6.45, 7) is 5.32. The van der Waals surface area contributed by atoms with Crippen LogP contribution in [0.5, 0.6) is 0 Å². The summed E-state index contributed by atoms with van der Waals surface area (Å²) in [5.74, 6) is -0.0185. The van der Waals surface area contributed by atoms with Crippen molar-refractivity contribution < 1.29 is 24.1 Å². The van der Waals surface area contributed by atoms with Gasteiger partial charge in [-0.25, -0.2) is 18.7 Å². The molecule has 9 heteroatoms. The first-order valence-corrected chi connectivity index (χ1v) is 13.0. The Morgan fingerprint density at radius 2 is 1.97 bits per heavy atom. The van der Waals surface area contributed by atoms with Gasteiger partial charge in [0.25, 0.3) is 5.78 Å². The third kappa shape index (κ3) is 4.97. The Balaban J connectivity index is 1.39. The first-order chi connectivity index (χ1) is 17.6. The van der Waals surface area contributed by atoms with Gasteiger partial charge in [-0.15, -0.1) is 5.10 Å². The summed E-state index contributed by atoms with van der Waals surface area (Å²) in [6, 6.07) is 6.73. The second-order valence-corrected chi connectivity index (χ2v) is 10.5. The first-order valence-electron chi connectivity index (χ1n) is 13.0. The van der Waals surface area contributed by atoms with Crippen molar-refractivity contribution in [2.75, 3.05) is 0 Å². The van der Waals surface area contributed by atoms with Gasteiger partial charge in [-0.2, -0.15) is 4.98 Å². The number of halogens is 1. The van der Waals surface area contributed by atoms with Crippen LogP contribution < -0.4 is 0 Å². The summed E-state index contributed by atoms with van der Waals surface area (Å²) in [6.07, 6.45) is 4.30. The molecule has 0 bridgehead atoms. The molecule has 5 rings (SSSR count). The van der Waals surface area contributed by atoms with Crippen LogP contribution in [-0.2, 0) is 22.4 Å². The smallest absolute Gasteiger partial charge is 0.338 e. The number of carbonyl (C=O) groups excluding carboxylic acids is 1. The predicted molar refractivity (Wildman–Crippen MR) is 134 cm³/mol. The normalized spacial score (nSPS) is 21.6. The number of cyclic esters (lactones) is 1. The molecule has 1 aliphatic carbocycles. The minimum absolute atomic E-state index is 0.0125. The maximum Gasteiger partial charge on any atom is 0.338 e. The van der Waals surface area contributed by atoms with Gasteiger partial charge in [0.05, 0.1) is 11.7 Å². The zero-order valence-electron chi connectivity index (χ0n) is 21.5. The summed E-state index contributed by atoms with van der Waals surface area (Å²) in [5.41, 5.74) is 2.04. The van der Waals surface area contributed by atoms with E-state index >= 15 is 0 Å². The van der Waals surface area contributed by atoms with Crippen LogP contribution in [0, 0.1) is 25.6 Å². The Morgan fingerprint density at radius 1 is 1.22 bits per heavy atom. The van der Waals surface area contributed by atoms with E-state index in [1.54, 1.807) is 16.6 Å². The number of fused-ring (bicyclic) bond motifs is 1. The summed E-state index contributed by atoms with van der Waals surface area (Å²) >= 11 is 0. The molecule has 0 spiro atoms. The molecule has 37 heavy (non-hydrogen) atoms. The van der Waals surface area contributed by atoms with Crippen LogP contribution in [0.2, 0.25) is 0 Å². The van der Waals surface area contributed by atoms with Crippen molar-refractivity contribution in [3.8, 4) is 0 Å². The highest BCUT2D eigenvalue weighted by molar-refractivity contribution is 5.90. The molecule has 2 aliphatic rings. The van der Waals surface area contributed by atoms with Crippen molar-refractivity contribution in [1.82, 2.24) is 19.6 Å². The average molecular weight is 509 g/mol. The lowest BCUT2D eigenvalue weighted by atomic mass is 9.76. The SMILES string of the molecule is Cc1cc(C)n2nc(CC3=C(O)CC(CCc4ccc(C(C)O)c(F)c4)(C4CCCC4)OC3=O)nc2n1. The first kappa shape index (κ1) is 25.3. The second kappa shape index (κ2) is 9.85. The van der Waals surface area contributed by atoms with Gasteiger partial charge >= 0.3 is 5.97 Å². The highest BCUT2D eigenvalue weighted by Crippen LogP contribution is 2.46. The molecule has 0 saturated heterocycles. The van der Waals surface area contributed by atoms with Crippen LogP contribution in [0.1, 0.15) is 79.9 Å². The molecule has 1 aliphatic heterocycles. The van der Waals surface area contributed by atoms with E-state index in [1.807, 2.05) is 19.9 Å². The minimum Gasteiger partial charge on any atom is -0.512 e. The van der Waals surface area contributed by atoms with Gasteiger partial charge in [-0.3, -0.25) is 0 Å². The van der Waals surface area contributed by atoms with E-state index in [0.717, 1.165) is 42.6 Å². The molecular formula is C28H33FN4O4. The summed E-state index contributed by atoms with van der Waals surface area (Å²) in [7, 11) is 0. The fourth-order valence-corrected chi connectivity index (χ4v) is 5.85. The van der Waals surface area contributed by atoms with E-state index in [9.17, 15) is 19.4 Å². The summed E-state index contributed by atoms with van der Waals surface area (Å²) in [4.78, 5) is 22.1. The van der Waals surface area contributed by atoms with Crippen molar-refractivity contribution >= 4 is 11.7 Å². The number of benzene rings is 1. The van der Waals surface area contributed by atoms with Gasteiger partial charge in [-0.1, -0.05) is 25.0 Å². The Morgan fingerprint density at radius 3 is 2.65 bits per heavy atom. The fraction of sp³-hybridized carbons (Fsp3) is 0.500. The maximum absolute atomic E-state index is 14.5. The lowest BCUT2D eigenvalue weighted by molar-refractivity contribution is -0.167. The van der Waals surface area contributed by atoms with Crippen molar-refractivity contribution in [3.05, 3.63) is 69.8 Å². The Labute approximate surface area is 215 Å². The van der Waals surface area contributed by atoms with Gasteiger partial charge in [-0.05, 0) is 70.1 Å². The number of ether oxygens (including phenoxy) is 1. The molecule has 196 valence electrons. The van der Waals surface area contributed by atoms with Gasteiger partial charge in [0.1, 0.15) is 17.2 Å². The number of aliphatic hydroxyl groups is 2. The lowest BCUT2D eigenvalue weighted by Crippen LogP contribution is -2.46. The number of aryl methyl sites for hydroxylation is 3. The molecule has 2 atom stereocenters. The van der Waals surface area contributed by atoms with E-state index < -0.39 is 23.5 Å². The molecule has 1 aromatic carbocycles. The molecule has 3 heterocycles. The van der Waals surface area contributed by atoms with Gasteiger partial charge in [0, 0.05) is 29.8 Å². The Bertz CT molecular complexity index is 1380. The van der Waals surface area contributed by atoms with Crippen molar-refractivity contribution in [3.63, 3.8) is 0 Å². The molecule has 2 unspecified atom stereocenters. The zero-order chi connectivity index (χ0) is 26.3. The number of rotatable bonds is 7. The van der Waals surface area contributed by atoms with Crippen LogP contribution in [0.4, 0.5) is 4.39 Å². The number of aliphatic hydroxyl groups excluding tert-OH is 2. The number of nitrogens with zero attached hydrogens (tertiary/aromatic N) is 4. The Kier molecular flexibility index (Phi) is 6.74. The van der Waals surface area contributed by atoms with Crippen molar-refractivity contribution in [2.45, 2.75) is 83.8 Å². The van der Waals surface area contributed by atoms with Crippen LogP contribution in [0.25, 0.3) is 5.78 Å². The van der Waals surface area contributed by atoms with E-state index in [2.05, 4.69) is 15.1 Å². The molecule has 1 saturated carbocycles. The molecule has 2 N–H and O–H groups in total. The predicted octanol–water partition coefficient (Wildman–Crippen LogP) is 4.80. The zero-order valence-corrected chi connectivity index (χ0v) is 21.5. The standard InChI is InChI=1S/C28H33FN4O4/c1-16-12-17(2)33-27(30-16)31-25(32-33)14-22-24(35)15-28(37-26(22)36,20-6-4-5-7-20)11-10-19-8-9-21(18(3)34)23(29)13-19/h8-9,12-13,18,20,34-35H,4-7,10-11,14-15H2,1-3H3. The van der Waals surface area contributed by atoms with Crippen LogP contribution in [-0.4, -0.2) is 41.4 Å². The number of esters is 1. The van der Waals surface area contributed by atoms with E-state index in [-0.39, 0.29) is 35.7 Å². The topological polar surface area (TPSA) is 110 Å². The third-order valence-electron chi connectivity index (χ3n) is 7.81. The molecular weight excluding hydrogens is 475 g/mol. The molecule has 8 nitrogen and oxygen atoms in total.